The molecule has 1 aromatic rings. The van der Waals surface area contributed by atoms with E-state index in [1.54, 1.807) is 0 Å². The molecule has 4 heteroatoms. The maximum absolute atomic E-state index is 5.42. The normalized spacial score (nSPS) is 16.2. The number of piperazine rings is 1. The molecule has 0 aromatic heterocycles. The van der Waals surface area contributed by atoms with Gasteiger partial charge >= 0.3 is 0 Å². The quantitative estimate of drug-likeness (QED) is 0.858. The Morgan fingerprint density at radius 1 is 1.25 bits per heavy atom. The topological polar surface area (TPSA) is 18.5 Å². The minimum absolute atomic E-state index is 0.919. The Labute approximate surface area is 128 Å². The van der Waals surface area contributed by atoms with Crippen molar-refractivity contribution >= 4 is 17.3 Å². The number of hydrogen-bond acceptors (Lipinski definition) is 2. The molecule has 1 aliphatic heterocycles. The van der Waals surface area contributed by atoms with Crippen LogP contribution in [0.3, 0.4) is 0 Å². The van der Waals surface area contributed by atoms with Crippen molar-refractivity contribution < 1.29 is 0 Å². The lowest BCUT2D eigenvalue weighted by Crippen LogP contribution is -2.51. The third-order valence-electron chi connectivity index (χ3n) is 3.67. The average Bonchev–Trinajstić information content (AvgIpc) is 2.45. The van der Waals surface area contributed by atoms with E-state index in [9.17, 15) is 0 Å². The molecule has 110 valence electrons. The molecule has 0 atom stereocenters. The van der Waals surface area contributed by atoms with Gasteiger partial charge in [0.25, 0.3) is 0 Å². The number of nitrogens with zero attached hydrogens (tertiary/aromatic N) is 2. The van der Waals surface area contributed by atoms with Crippen LogP contribution in [0.15, 0.2) is 24.3 Å². The Hall–Kier alpha value is -1.13. The highest BCUT2D eigenvalue weighted by atomic mass is 32.1. The van der Waals surface area contributed by atoms with Crippen LogP contribution in [0.4, 0.5) is 0 Å². The van der Waals surface area contributed by atoms with Gasteiger partial charge in [-0.15, -0.1) is 0 Å². The fourth-order valence-corrected chi connectivity index (χ4v) is 2.81. The van der Waals surface area contributed by atoms with Crippen molar-refractivity contribution in [1.29, 1.82) is 0 Å². The van der Waals surface area contributed by atoms with Crippen LogP contribution in [0.5, 0.6) is 0 Å². The van der Waals surface area contributed by atoms with Gasteiger partial charge in [0, 0.05) is 39.3 Å². The third-order valence-corrected chi connectivity index (χ3v) is 4.08. The molecule has 0 saturated carbocycles. The molecule has 3 nitrogen and oxygen atoms in total. The molecule has 1 N–H and O–H groups in total. The van der Waals surface area contributed by atoms with E-state index in [-0.39, 0.29) is 0 Å². The van der Waals surface area contributed by atoms with E-state index < -0.39 is 0 Å². The number of nitrogens with one attached hydrogen (secondary N) is 1. The molecule has 1 aromatic carbocycles. The molecule has 0 radical (unpaired) electrons. The summed E-state index contributed by atoms with van der Waals surface area (Å²) < 4.78 is 0. The van der Waals surface area contributed by atoms with Crippen LogP contribution in [0.2, 0.25) is 0 Å². The lowest BCUT2D eigenvalue weighted by atomic mass is 10.1. The second-order valence-electron chi connectivity index (χ2n) is 5.48. The Balaban J connectivity index is 1.78. The van der Waals surface area contributed by atoms with Crippen LogP contribution in [-0.2, 0) is 6.54 Å². The van der Waals surface area contributed by atoms with Crippen LogP contribution in [0, 0.1) is 6.92 Å². The fourth-order valence-electron chi connectivity index (χ4n) is 2.52. The lowest BCUT2D eigenvalue weighted by molar-refractivity contribution is 0.174. The fraction of sp³-hybridized carbons (Fsp3) is 0.562. The first-order valence-corrected chi connectivity index (χ1v) is 7.90. The number of aryl methyl sites for hydroxylation is 1. The molecule has 0 bridgehead atoms. The van der Waals surface area contributed by atoms with Crippen molar-refractivity contribution in [2.45, 2.75) is 26.8 Å². The summed E-state index contributed by atoms with van der Waals surface area (Å²) in [7, 11) is 0. The summed E-state index contributed by atoms with van der Waals surface area (Å²) in [6.07, 6.45) is 1.12. The molecule has 1 aliphatic rings. The molecule has 1 saturated heterocycles. The first kappa shape index (κ1) is 15.3. The maximum Gasteiger partial charge on any atom is 0.169 e. The van der Waals surface area contributed by atoms with Gasteiger partial charge < -0.3 is 10.2 Å². The molecular formula is C16H25N3S. The van der Waals surface area contributed by atoms with E-state index in [2.05, 4.69) is 53.2 Å². The number of benzene rings is 1. The van der Waals surface area contributed by atoms with Gasteiger partial charge in [0.15, 0.2) is 5.11 Å². The smallest absolute Gasteiger partial charge is 0.169 e. The Kier molecular flexibility index (Phi) is 5.80. The predicted molar refractivity (Wildman–Crippen MR) is 88.9 cm³/mol. The zero-order chi connectivity index (χ0) is 14.4. The van der Waals surface area contributed by atoms with Gasteiger partial charge in [-0.1, -0.05) is 36.8 Å². The number of hydrogen-bond donors (Lipinski definition) is 1. The Bertz CT molecular complexity index is 439. The average molecular weight is 291 g/mol. The predicted octanol–water partition coefficient (Wildman–Crippen LogP) is 2.40. The van der Waals surface area contributed by atoms with E-state index in [1.165, 1.54) is 11.1 Å². The van der Waals surface area contributed by atoms with Gasteiger partial charge in [0.1, 0.15) is 0 Å². The number of rotatable bonds is 4. The first-order valence-electron chi connectivity index (χ1n) is 7.49. The molecule has 1 fully saturated rings. The molecule has 1 heterocycles. The monoisotopic (exact) mass is 291 g/mol. The zero-order valence-electron chi connectivity index (χ0n) is 12.6. The summed E-state index contributed by atoms with van der Waals surface area (Å²) >= 11 is 5.42. The Morgan fingerprint density at radius 2 is 2.00 bits per heavy atom. The minimum Gasteiger partial charge on any atom is -0.363 e. The minimum atomic E-state index is 0.919. The number of thiocarbonyl (C=S) groups is 1. The highest BCUT2D eigenvalue weighted by Gasteiger charge is 2.18. The second kappa shape index (κ2) is 7.60. The highest BCUT2D eigenvalue weighted by molar-refractivity contribution is 7.80. The lowest BCUT2D eigenvalue weighted by Gasteiger charge is -2.36. The van der Waals surface area contributed by atoms with Crippen LogP contribution in [0.1, 0.15) is 24.5 Å². The van der Waals surface area contributed by atoms with Crippen LogP contribution < -0.4 is 5.32 Å². The molecule has 0 spiro atoms. The van der Waals surface area contributed by atoms with Crippen LogP contribution >= 0.6 is 12.2 Å². The van der Waals surface area contributed by atoms with Gasteiger partial charge in [-0.05, 0) is 31.1 Å². The summed E-state index contributed by atoms with van der Waals surface area (Å²) in [5, 5.41) is 4.23. The van der Waals surface area contributed by atoms with Crippen molar-refractivity contribution in [1.82, 2.24) is 15.1 Å². The summed E-state index contributed by atoms with van der Waals surface area (Å²) in [5.74, 6) is 0. The second-order valence-corrected chi connectivity index (χ2v) is 5.87. The van der Waals surface area contributed by atoms with Crippen molar-refractivity contribution in [2.75, 3.05) is 32.7 Å². The first-order chi connectivity index (χ1) is 9.69. The summed E-state index contributed by atoms with van der Waals surface area (Å²) in [6.45, 7) is 10.6. The van der Waals surface area contributed by atoms with Crippen molar-refractivity contribution in [2.24, 2.45) is 0 Å². The van der Waals surface area contributed by atoms with E-state index in [4.69, 9.17) is 12.2 Å². The van der Waals surface area contributed by atoms with E-state index in [0.29, 0.717) is 0 Å². The Morgan fingerprint density at radius 3 is 2.65 bits per heavy atom. The van der Waals surface area contributed by atoms with Gasteiger partial charge in [-0.25, -0.2) is 0 Å². The molecule has 0 aliphatic carbocycles. The molecule has 0 unspecified atom stereocenters. The van der Waals surface area contributed by atoms with Crippen molar-refractivity contribution in [3.05, 3.63) is 35.4 Å². The van der Waals surface area contributed by atoms with Gasteiger partial charge in [-0.2, -0.15) is 0 Å². The zero-order valence-corrected chi connectivity index (χ0v) is 13.4. The third kappa shape index (κ3) is 4.46. The molecule has 0 amide bonds. The SMILES string of the molecule is CCCNC(=S)N1CCN(Cc2cccc(C)c2)CC1. The molecular weight excluding hydrogens is 266 g/mol. The molecule has 20 heavy (non-hydrogen) atoms. The molecule has 2 rings (SSSR count). The van der Waals surface area contributed by atoms with Crippen LogP contribution in [0.25, 0.3) is 0 Å². The summed E-state index contributed by atoms with van der Waals surface area (Å²) in [6, 6.07) is 8.79. The van der Waals surface area contributed by atoms with Gasteiger partial charge in [0.2, 0.25) is 0 Å². The maximum atomic E-state index is 5.42. The summed E-state index contributed by atoms with van der Waals surface area (Å²) in [4.78, 5) is 4.80. The highest BCUT2D eigenvalue weighted by Crippen LogP contribution is 2.10. The standard InChI is InChI=1S/C16H25N3S/c1-3-7-17-16(20)19-10-8-18(9-11-19)13-15-6-4-5-14(2)12-15/h4-6,12H,3,7-11,13H2,1-2H3,(H,17,20). The van der Waals surface area contributed by atoms with Crippen LogP contribution in [-0.4, -0.2) is 47.6 Å². The van der Waals surface area contributed by atoms with Crippen molar-refractivity contribution in [3.8, 4) is 0 Å². The van der Waals surface area contributed by atoms with E-state index in [1.807, 2.05) is 0 Å². The van der Waals surface area contributed by atoms with Crippen molar-refractivity contribution in [3.63, 3.8) is 0 Å². The van der Waals surface area contributed by atoms with E-state index >= 15 is 0 Å². The van der Waals surface area contributed by atoms with Gasteiger partial charge in [0.05, 0.1) is 0 Å². The van der Waals surface area contributed by atoms with E-state index in [0.717, 1.165) is 50.8 Å². The summed E-state index contributed by atoms with van der Waals surface area (Å²) in [5.41, 5.74) is 2.75. The largest absolute Gasteiger partial charge is 0.363 e. The van der Waals surface area contributed by atoms with Gasteiger partial charge in [-0.3, -0.25) is 4.90 Å².